The molecule has 0 aromatic carbocycles. The number of guanidine groups is 1. The van der Waals surface area contributed by atoms with Crippen LogP contribution in [0.1, 0.15) is 39.0 Å². The number of sulfone groups is 1. The molecule has 2 aliphatic rings. The van der Waals surface area contributed by atoms with Gasteiger partial charge in [-0.1, -0.05) is 0 Å². The monoisotopic (exact) mass is 301 g/mol. The van der Waals surface area contributed by atoms with Crippen LogP contribution in [0.3, 0.4) is 0 Å². The third kappa shape index (κ3) is 4.65. The lowest BCUT2D eigenvalue weighted by Crippen LogP contribution is -2.45. The van der Waals surface area contributed by atoms with E-state index in [1.54, 1.807) is 7.05 Å². The molecule has 1 atom stereocenters. The zero-order valence-corrected chi connectivity index (χ0v) is 13.6. The summed E-state index contributed by atoms with van der Waals surface area (Å²) in [6.07, 6.45) is 7.33. The maximum absolute atomic E-state index is 11.2. The Balaban J connectivity index is 1.72. The Hall–Kier alpha value is -0.780. The Morgan fingerprint density at radius 1 is 1.40 bits per heavy atom. The molecule has 6 heteroatoms. The summed E-state index contributed by atoms with van der Waals surface area (Å²) >= 11 is 0. The molecule has 20 heavy (non-hydrogen) atoms. The van der Waals surface area contributed by atoms with Crippen molar-refractivity contribution in [2.75, 3.05) is 25.6 Å². The number of aliphatic imine (C=N–C) groups is 1. The van der Waals surface area contributed by atoms with Crippen LogP contribution in [0.15, 0.2) is 4.99 Å². The third-order valence-corrected chi connectivity index (χ3v) is 5.45. The summed E-state index contributed by atoms with van der Waals surface area (Å²) in [7, 11) is -1.13. The van der Waals surface area contributed by atoms with Gasteiger partial charge in [0, 0.05) is 25.9 Å². The van der Waals surface area contributed by atoms with E-state index in [0.29, 0.717) is 11.8 Å². The van der Waals surface area contributed by atoms with Crippen LogP contribution in [0.2, 0.25) is 0 Å². The molecule has 0 saturated heterocycles. The Morgan fingerprint density at radius 2 is 2.05 bits per heavy atom. The van der Waals surface area contributed by atoms with Gasteiger partial charge in [-0.3, -0.25) is 4.99 Å². The van der Waals surface area contributed by atoms with Crippen LogP contribution in [-0.4, -0.2) is 46.0 Å². The molecule has 0 heterocycles. The van der Waals surface area contributed by atoms with E-state index in [1.807, 2.05) is 6.92 Å². The molecule has 1 unspecified atom stereocenters. The van der Waals surface area contributed by atoms with Crippen LogP contribution in [0.5, 0.6) is 0 Å². The van der Waals surface area contributed by atoms with Gasteiger partial charge in [-0.2, -0.15) is 0 Å². The van der Waals surface area contributed by atoms with Gasteiger partial charge in [0.1, 0.15) is 9.84 Å². The molecule has 5 nitrogen and oxygen atoms in total. The fourth-order valence-corrected chi connectivity index (χ4v) is 3.52. The largest absolute Gasteiger partial charge is 0.356 e. The summed E-state index contributed by atoms with van der Waals surface area (Å²) < 4.78 is 22.3. The second-order valence-corrected chi connectivity index (χ2v) is 8.79. The SMILES string of the molecule is CN=C(NCC1(C2CC2)CC1)NC(C)CCS(C)(=O)=O. The molecule has 0 bridgehead atoms. The van der Waals surface area contributed by atoms with Crippen LogP contribution in [0, 0.1) is 11.3 Å². The van der Waals surface area contributed by atoms with E-state index in [2.05, 4.69) is 15.6 Å². The molecule has 116 valence electrons. The minimum absolute atomic E-state index is 0.104. The lowest BCUT2D eigenvalue weighted by atomic mass is 10.0. The van der Waals surface area contributed by atoms with Crippen LogP contribution in [0.25, 0.3) is 0 Å². The minimum atomic E-state index is -2.89. The van der Waals surface area contributed by atoms with Crippen molar-refractivity contribution in [1.29, 1.82) is 0 Å². The highest BCUT2D eigenvalue weighted by Gasteiger charge is 2.53. The van der Waals surface area contributed by atoms with E-state index in [1.165, 1.54) is 31.9 Å². The van der Waals surface area contributed by atoms with E-state index < -0.39 is 9.84 Å². The highest BCUT2D eigenvalue weighted by molar-refractivity contribution is 7.90. The zero-order valence-electron chi connectivity index (χ0n) is 12.8. The quantitative estimate of drug-likeness (QED) is 0.547. The van der Waals surface area contributed by atoms with Crippen molar-refractivity contribution in [1.82, 2.24) is 10.6 Å². The van der Waals surface area contributed by atoms with Crippen molar-refractivity contribution in [3.63, 3.8) is 0 Å². The summed E-state index contributed by atoms with van der Waals surface area (Å²) in [5.74, 6) is 1.93. The highest BCUT2D eigenvalue weighted by atomic mass is 32.2. The van der Waals surface area contributed by atoms with E-state index in [4.69, 9.17) is 0 Å². The van der Waals surface area contributed by atoms with Crippen molar-refractivity contribution in [3.8, 4) is 0 Å². The highest BCUT2D eigenvalue weighted by Crippen LogP contribution is 2.60. The topological polar surface area (TPSA) is 70.6 Å². The van der Waals surface area contributed by atoms with Crippen molar-refractivity contribution in [3.05, 3.63) is 0 Å². The molecular weight excluding hydrogens is 274 g/mol. The molecule has 0 spiro atoms. The lowest BCUT2D eigenvalue weighted by molar-refractivity contribution is 0.429. The molecule has 2 N–H and O–H groups in total. The van der Waals surface area contributed by atoms with E-state index in [-0.39, 0.29) is 11.8 Å². The van der Waals surface area contributed by atoms with Crippen molar-refractivity contribution < 1.29 is 8.42 Å². The molecular formula is C14H27N3O2S. The number of hydrogen-bond acceptors (Lipinski definition) is 3. The second-order valence-electron chi connectivity index (χ2n) is 6.53. The first-order valence-corrected chi connectivity index (χ1v) is 9.56. The summed E-state index contributed by atoms with van der Waals surface area (Å²) in [6, 6.07) is 0.104. The summed E-state index contributed by atoms with van der Waals surface area (Å²) in [5.41, 5.74) is 0.535. The standard InChI is InChI=1S/C14H27N3O2S/c1-11(6-9-20(3,18)19)17-13(15-2)16-10-14(7-8-14)12-4-5-12/h11-12H,4-10H2,1-3H3,(H2,15,16,17). The van der Waals surface area contributed by atoms with Crippen LogP contribution in [0.4, 0.5) is 0 Å². The Morgan fingerprint density at radius 3 is 2.50 bits per heavy atom. The third-order valence-electron chi connectivity index (χ3n) is 4.47. The predicted octanol–water partition coefficient (Wildman–Crippen LogP) is 1.16. The van der Waals surface area contributed by atoms with E-state index in [9.17, 15) is 8.42 Å². The van der Waals surface area contributed by atoms with Gasteiger partial charge in [0.25, 0.3) is 0 Å². The summed E-state index contributed by atoms with van der Waals surface area (Å²) in [6.45, 7) is 2.99. The first-order valence-electron chi connectivity index (χ1n) is 7.49. The van der Waals surface area contributed by atoms with Gasteiger partial charge in [0.05, 0.1) is 5.75 Å². The number of nitrogens with zero attached hydrogens (tertiary/aromatic N) is 1. The average molecular weight is 301 g/mol. The fourth-order valence-electron chi connectivity index (χ4n) is 2.74. The minimum Gasteiger partial charge on any atom is -0.356 e. The maximum atomic E-state index is 11.2. The zero-order chi connectivity index (χ0) is 14.8. The molecule has 0 aliphatic heterocycles. The van der Waals surface area contributed by atoms with E-state index >= 15 is 0 Å². The molecule has 2 saturated carbocycles. The average Bonchev–Trinajstić information content (AvgIpc) is 3.23. The summed E-state index contributed by atoms with van der Waals surface area (Å²) in [5, 5.41) is 6.68. The molecule has 2 rings (SSSR count). The molecule has 0 aromatic heterocycles. The maximum Gasteiger partial charge on any atom is 0.191 e. The smallest absolute Gasteiger partial charge is 0.191 e. The molecule has 0 radical (unpaired) electrons. The second kappa shape index (κ2) is 5.92. The van der Waals surface area contributed by atoms with Crippen LogP contribution < -0.4 is 10.6 Å². The van der Waals surface area contributed by atoms with Gasteiger partial charge in [0.15, 0.2) is 5.96 Å². The fraction of sp³-hybridized carbons (Fsp3) is 0.929. The number of nitrogens with one attached hydrogen (secondary N) is 2. The van der Waals surface area contributed by atoms with Gasteiger partial charge in [-0.25, -0.2) is 8.42 Å². The first-order chi connectivity index (χ1) is 9.35. The lowest BCUT2D eigenvalue weighted by Gasteiger charge is -2.21. The van der Waals surface area contributed by atoms with E-state index in [0.717, 1.165) is 18.4 Å². The Kier molecular flexibility index (Phi) is 4.62. The van der Waals surface area contributed by atoms with Crippen molar-refractivity contribution >= 4 is 15.8 Å². The predicted molar refractivity (Wildman–Crippen MR) is 82.7 cm³/mol. The Labute approximate surface area is 122 Å². The molecule has 0 amide bonds. The molecule has 0 aromatic rings. The van der Waals surface area contributed by atoms with Crippen molar-refractivity contribution in [2.45, 2.75) is 45.1 Å². The normalized spacial score (nSPS) is 23.2. The number of rotatable bonds is 7. The van der Waals surface area contributed by atoms with Crippen LogP contribution >= 0.6 is 0 Å². The van der Waals surface area contributed by atoms with Gasteiger partial charge >= 0.3 is 0 Å². The summed E-state index contributed by atoms with van der Waals surface area (Å²) in [4.78, 5) is 4.23. The van der Waals surface area contributed by atoms with Gasteiger partial charge in [-0.05, 0) is 50.4 Å². The van der Waals surface area contributed by atoms with Crippen molar-refractivity contribution in [2.24, 2.45) is 16.3 Å². The number of hydrogen-bond donors (Lipinski definition) is 2. The van der Waals surface area contributed by atoms with Crippen LogP contribution in [-0.2, 0) is 9.84 Å². The Bertz CT molecular complexity index is 465. The van der Waals surface area contributed by atoms with Gasteiger partial charge < -0.3 is 10.6 Å². The van der Waals surface area contributed by atoms with Gasteiger partial charge in [0.2, 0.25) is 0 Å². The van der Waals surface area contributed by atoms with Gasteiger partial charge in [-0.15, -0.1) is 0 Å². The molecule has 2 fully saturated rings. The molecule has 2 aliphatic carbocycles. The first kappa shape index (κ1) is 15.6.